The number of benzene rings is 1. The van der Waals surface area contributed by atoms with Crippen molar-refractivity contribution in [3.63, 3.8) is 0 Å². The Labute approximate surface area is 153 Å². The largest absolute Gasteiger partial charge is 0.486 e. The summed E-state index contributed by atoms with van der Waals surface area (Å²) in [5.41, 5.74) is 0.587. The predicted molar refractivity (Wildman–Crippen MR) is 96.1 cm³/mol. The van der Waals surface area contributed by atoms with Crippen molar-refractivity contribution in [3.05, 3.63) is 18.2 Å². The molecule has 2 aliphatic heterocycles. The lowest BCUT2D eigenvalue weighted by molar-refractivity contribution is -0.116. The van der Waals surface area contributed by atoms with Gasteiger partial charge in [-0.25, -0.2) is 8.42 Å². The first kappa shape index (κ1) is 18.9. The number of fused-ring (bicyclic) bond motifs is 1. The maximum atomic E-state index is 12.2. The highest BCUT2D eigenvalue weighted by Crippen LogP contribution is 2.32. The number of ether oxygens (including phenoxy) is 3. The van der Waals surface area contributed by atoms with Crippen LogP contribution in [0.25, 0.3) is 0 Å². The van der Waals surface area contributed by atoms with E-state index < -0.39 is 10.0 Å². The van der Waals surface area contributed by atoms with Gasteiger partial charge in [-0.05, 0) is 25.0 Å². The van der Waals surface area contributed by atoms with Crippen LogP contribution in [0.2, 0.25) is 0 Å². The van der Waals surface area contributed by atoms with Crippen molar-refractivity contribution in [2.24, 2.45) is 0 Å². The molecule has 1 fully saturated rings. The van der Waals surface area contributed by atoms with E-state index in [0.29, 0.717) is 37.0 Å². The summed E-state index contributed by atoms with van der Waals surface area (Å²) in [6.45, 7) is 2.04. The first-order valence-electron chi connectivity index (χ1n) is 8.68. The zero-order chi connectivity index (χ0) is 18.6. The zero-order valence-electron chi connectivity index (χ0n) is 14.8. The summed E-state index contributed by atoms with van der Waals surface area (Å²) in [5, 5.41) is 2.77. The van der Waals surface area contributed by atoms with Gasteiger partial charge in [-0.2, -0.15) is 4.31 Å². The minimum Gasteiger partial charge on any atom is -0.486 e. The molecule has 1 saturated heterocycles. The first-order chi connectivity index (χ1) is 12.4. The number of sulfonamides is 1. The zero-order valence-corrected chi connectivity index (χ0v) is 15.6. The van der Waals surface area contributed by atoms with Crippen molar-refractivity contribution in [2.75, 3.05) is 44.5 Å². The second kappa shape index (κ2) is 8.24. The van der Waals surface area contributed by atoms with Crippen LogP contribution >= 0.6 is 0 Å². The second-order valence-electron chi connectivity index (χ2n) is 6.41. The van der Waals surface area contributed by atoms with Gasteiger partial charge in [0.2, 0.25) is 15.9 Å². The molecule has 9 heteroatoms. The van der Waals surface area contributed by atoms with Crippen LogP contribution in [0.1, 0.15) is 19.3 Å². The van der Waals surface area contributed by atoms with E-state index in [1.54, 1.807) is 18.2 Å². The molecule has 2 aliphatic rings. The summed E-state index contributed by atoms with van der Waals surface area (Å²) in [4.78, 5) is 12.2. The lowest BCUT2D eigenvalue weighted by Gasteiger charge is -2.23. The number of nitrogens with zero attached hydrogens (tertiary/aromatic N) is 1. The minimum atomic E-state index is -3.40. The van der Waals surface area contributed by atoms with Crippen LogP contribution in [0.5, 0.6) is 11.5 Å². The first-order valence-corrected chi connectivity index (χ1v) is 10.5. The highest BCUT2D eigenvalue weighted by molar-refractivity contribution is 7.88. The van der Waals surface area contributed by atoms with E-state index >= 15 is 0 Å². The van der Waals surface area contributed by atoms with E-state index in [1.165, 1.54) is 4.31 Å². The monoisotopic (exact) mass is 384 g/mol. The molecule has 26 heavy (non-hydrogen) atoms. The Morgan fingerprint density at radius 2 is 2.00 bits per heavy atom. The van der Waals surface area contributed by atoms with Crippen LogP contribution in [-0.4, -0.2) is 63.9 Å². The third-order valence-electron chi connectivity index (χ3n) is 4.31. The Balaban J connectivity index is 1.54. The molecular formula is C17H24N2O6S. The average Bonchev–Trinajstić information content (AvgIpc) is 3.10. The van der Waals surface area contributed by atoms with E-state index in [2.05, 4.69) is 5.32 Å². The molecule has 0 spiro atoms. The smallest absolute Gasteiger partial charge is 0.225 e. The van der Waals surface area contributed by atoms with Crippen LogP contribution in [0.15, 0.2) is 18.2 Å². The number of carbonyl (C=O) groups excluding carboxylic acids is 1. The van der Waals surface area contributed by atoms with Gasteiger partial charge in [0.15, 0.2) is 11.5 Å². The third kappa shape index (κ3) is 5.09. The Morgan fingerprint density at radius 3 is 2.69 bits per heavy atom. The highest BCUT2D eigenvalue weighted by atomic mass is 32.2. The number of rotatable bonds is 7. The van der Waals surface area contributed by atoms with Gasteiger partial charge in [-0.15, -0.1) is 0 Å². The van der Waals surface area contributed by atoms with Gasteiger partial charge in [-0.1, -0.05) is 0 Å². The van der Waals surface area contributed by atoms with Crippen LogP contribution in [0, 0.1) is 0 Å². The summed E-state index contributed by atoms with van der Waals surface area (Å²) in [6, 6.07) is 5.17. The van der Waals surface area contributed by atoms with Gasteiger partial charge >= 0.3 is 0 Å². The quantitative estimate of drug-likeness (QED) is 0.760. The molecule has 0 radical (unpaired) electrons. The van der Waals surface area contributed by atoms with Gasteiger partial charge in [-0.3, -0.25) is 4.79 Å². The van der Waals surface area contributed by atoms with E-state index in [4.69, 9.17) is 14.2 Å². The molecule has 0 aliphatic carbocycles. The summed E-state index contributed by atoms with van der Waals surface area (Å²) in [7, 11) is -3.40. The van der Waals surface area contributed by atoms with Crippen LogP contribution in [0.4, 0.5) is 5.69 Å². The Kier molecular flexibility index (Phi) is 6.00. The summed E-state index contributed by atoms with van der Waals surface area (Å²) in [6.07, 6.45) is 2.91. The van der Waals surface area contributed by atoms with Crippen LogP contribution in [-0.2, 0) is 19.6 Å². The fourth-order valence-electron chi connectivity index (χ4n) is 2.98. The molecule has 0 aromatic heterocycles. The lowest BCUT2D eigenvalue weighted by atomic mass is 10.2. The summed E-state index contributed by atoms with van der Waals surface area (Å²) < 4.78 is 41.7. The van der Waals surface area contributed by atoms with Crippen molar-refractivity contribution >= 4 is 21.6 Å². The minimum absolute atomic E-state index is 0.0637. The van der Waals surface area contributed by atoms with Gasteiger partial charge in [0, 0.05) is 37.9 Å². The SMILES string of the molecule is CS(=O)(=O)N(CCC(=O)Nc1ccc2c(c1)OCCO2)CC1CCCO1. The van der Waals surface area contributed by atoms with Gasteiger partial charge < -0.3 is 19.5 Å². The lowest BCUT2D eigenvalue weighted by Crippen LogP contribution is -2.38. The van der Waals surface area contributed by atoms with Crippen molar-refractivity contribution in [3.8, 4) is 11.5 Å². The van der Waals surface area contributed by atoms with Crippen molar-refractivity contribution in [2.45, 2.75) is 25.4 Å². The standard InChI is InChI=1S/C17H24N2O6S/c1-26(21,22)19(12-14-3-2-8-23-14)7-6-17(20)18-13-4-5-15-16(11-13)25-10-9-24-15/h4-5,11,14H,2-3,6-10,12H2,1H3,(H,18,20). The Bertz CT molecular complexity index is 746. The molecule has 144 valence electrons. The molecule has 3 rings (SSSR count). The maximum absolute atomic E-state index is 12.2. The molecule has 1 aromatic rings. The van der Waals surface area contributed by atoms with E-state index in [-0.39, 0.29) is 31.5 Å². The molecule has 1 amide bonds. The Hall–Kier alpha value is -1.84. The molecule has 1 atom stereocenters. The van der Waals surface area contributed by atoms with Crippen molar-refractivity contribution in [1.82, 2.24) is 4.31 Å². The number of hydrogen-bond acceptors (Lipinski definition) is 6. The van der Waals surface area contributed by atoms with Gasteiger partial charge in [0.05, 0.1) is 12.4 Å². The van der Waals surface area contributed by atoms with E-state index in [9.17, 15) is 13.2 Å². The molecule has 1 aromatic carbocycles. The van der Waals surface area contributed by atoms with Crippen molar-refractivity contribution in [1.29, 1.82) is 0 Å². The maximum Gasteiger partial charge on any atom is 0.225 e. The van der Waals surface area contributed by atoms with E-state index in [0.717, 1.165) is 19.1 Å². The average molecular weight is 384 g/mol. The summed E-state index contributed by atoms with van der Waals surface area (Å²) >= 11 is 0. The number of amides is 1. The fraction of sp³-hybridized carbons (Fsp3) is 0.588. The van der Waals surface area contributed by atoms with E-state index in [1.807, 2.05) is 0 Å². The number of hydrogen-bond donors (Lipinski definition) is 1. The normalized spacial score (nSPS) is 19.5. The second-order valence-corrected chi connectivity index (χ2v) is 8.40. The summed E-state index contributed by atoms with van der Waals surface area (Å²) in [5.74, 6) is 0.974. The molecule has 1 unspecified atom stereocenters. The molecule has 0 saturated carbocycles. The Morgan fingerprint density at radius 1 is 1.23 bits per heavy atom. The topological polar surface area (TPSA) is 94.2 Å². The van der Waals surface area contributed by atoms with Gasteiger partial charge in [0.1, 0.15) is 13.2 Å². The molecule has 1 N–H and O–H groups in total. The molecule has 2 heterocycles. The number of carbonyl (C=O) groups is 1. The fourth-order valence-corrected chi connectivity index (χ4v) is 3.84. The van der Waals surface area contributed by atoms with Crippen LogP contribution < -0.4 is 14.8 Å². The number of nitrogens with one attached hydrogen (secondary N) is 1. The number of anilines is 1. The van der Waals surface area contributed by atoms with Gasteiger partial charge in [0.25, 0.3) is 0 Å². The highest BCUT2D eigenvalue weighted by Gasteiger charge is 2.25. The third-order valence-corrected chi connectivity index (χ3v) is 5.58. The molecule has 8 nitrogen and oxygen atoms in total. The predicted octanol–water partition coefficient (Wildman–Crippen LogP) is 1.23. The molecule has 0 bridgehead atoms. The van der Waals surface area contributed by atoms with Crippen molar-refractivity contribution < 1.29 is 27.4 Å². The molecular weight excluding hydrogens is 360 g/mol. The van der Waals surface area contributed by atoms with Crippen LogP contribution in [0.3, 0.4) is 0 Å².